The standard InChI is InChI=1S/C17H20N4O.ClH/c22-16(13-12-17(13)6-9-18-10-7-17)20-14-4-1-2-5-15(14)21-11-3-8-19-21;/h1-5,8,11,13,18H,6-7,9-10,12H2,(H,20,22);1H. The minimum atomic E-state index is 0. The first-order valence-electron chi connectivity index (χ1n) is 7.89. The smallest absolute Gasteiger partial charge is 0.228 e. The molecule has 0 radical (unpaired) electrons. The van der Waals surface area contributed by atoms with E-state index >= 15 is 0 Å². The summed E-state index contributed by atoms with van der Waals surface area (Å²) in [5, 5.41) is 10.7. The van der Waals surface area contributed by atoms with Gasteiger partial charge in [-0.15, -0.1) is 12.4 Å². The van der Waals surface area contributed by atoms with Crippen molar-refractivity contribution in [3.05, 3.63) is 42.7 Å². The molecule has 1 saturated carbocycles. The Morgan fingerprint density at radius 1 is 1.26 bits per heavy atom. The fourth-order valence-corrected chi connectivity index (χ4v) is 3.61. The number of piperidine rings is 1. The number of carbonyl (C=O) groups excluding carboxylic acids is 1. The van der Waals surface area contributed by atoms with E-state index in [0.717, 1.165) is 43.7 Å². The van der Waals surface area contributed by atoms with Gasteiger partial charge in [0, 0.05) is 18.3 Å². The number of hydrogen-bond acceptors (Lipinski definition) is 3. The van der Waals surface area contributed by atoms with Gasteiger partial charge in [0.2, 0.25) is 5.91 Å². The van der Waals surface area contributed by atoms with Crippen LogP contribution in [0, 0.1) is 11.3 Å². The van der Waals surface area contributed by atoms with Crippen LogP contribution in [0.5, 0.6) is 0 Å². The van der Waals surface area contributed by atoms with Crippen molar-refractivity contribution in [1.82, 2.24) is 15.1 Å². The van der Waals surface area contributed by atoms with Gasteiger partial charge in [-0.25, -0.2) is 4.68 Å². The molecule has 23 heavy (non-hydrogen) atoms. The van der Waals surface area contributed by atoms with Crippen LogP contribution >= 0.6 is 12.4 Å². The molecular weight excluding hydrogens is 312 g/mol. The summed E-state index contributed by atoms with van der Waals surface area (Å²) in [5.74, 6) is 0.321. The lowest BCUT2D eigenvalue weighted by Crippen LogP contribution is -2.31. The lowest BCUT2D eigenvalue weighted by Gasteiger charge is -2.23. The Balaban J connectivity index is 0.00000156. The van der Waals surface area contributed by atoms with Crippen LogP contribution in [0.4, 0.5) is 5.69 Å². The Kier molecular flexibility index (Phi) is 4.41. The van der Waals surface area contributed by atoms with Crippen LogP contribution in [0.2, 0.25) is 0 Å². The molecule has 2 N–H and O–H groups in total. The van der Waals surface area contributed by atoms with Gasteiger partial charge in [0.15, 0.2) is 0 Å². The number of nitrogens with zero attached hydrogens (tertiary/aromatic N) is 2. The second-order valence-corrected chi connectivity index (χ2v) is 6.33. The van der Waals surface area contributed by atoms with Crippen LogP contribution in [-0.4, -0.2) is 28.8 Å². The van der Waals surface area contributed by atoms with E-state index in [-0.39, 0.29) is 29.6 Å². The van der Waals surface area contributed by atoms with Crippen LogP contribution < -0.4 is 10.6 Å². The summed E-state index contributed by atoms with van der Waals surface area (Å²) >= 11 is 0. The van der Waals surface area contributed by atoms with Crippen molar-refractivity contribution in [2.24, 2.45) is 11.3 Å². The second-order valence-electron chi connectivity index (χ2n) is 6.33. The van der Waals surface area contributed by atoms with E-state index in [9.17, 15) is 4.79 Å². The van der Waals surface area contributed by atoms with Gasteiger partial charge in [-0.2, -0.15) is 5.10 Å². The van der Waals surface area contributed by atoms with E-state index in [1.54, 1.807) is 10.9 Å². The summed E-state index contributed by atoms with van der Waals surface area (Å²) in [5.41, 5.74) is 1.99. The molecule has 122 valence electrons. The molecule has 1 aromatic heterocycles. The molecule has 1 aliphatic heterocycles. The average Bonchev–Trinajstić information content (AvgIpc) is 2.99. The highest BCUT2D eigenvalue weighted by Crippen LogP contribution is 2.58. The minimum absolute atomic E-state index is 0. The summed E-state index contributed by atoms with van der Waals surface area (Å²) in [4.78, 5) is 12.6. The number of hydrogen-bond donors (Lipinski definition) is 2. The summed E-state index contributed by atoms with van der Waals surface area (Å²) in [6.45, 7) is 2.07. The zero-order valence-corrected chi connectivity index (χ0v) is 13.7. The lowest BCUT2D eigenvalue weighted by atomic mass is 9.92. The van der Waals surface area contributed by atoms with Crippen LogP contribution in [-0.2, 0) is 4.79 Å². The van der Waals surface area contributed by atoms with Crippen molar-refractivity contribution < 1.29 is 4.79 Å². The molecule has 0 bridgehead atoms. The van der Waals surface area contributed by atoms with Crippen LogP contribution in [0.25, 0.3) is 5.69 Å². The van der Waals surface area contributed by atoms with Gasteiger partial charge in [0.25, 0.3) is 0 Å². The predicted octanol–water partition coefficient (Wildman–Crippen LogP) is 2.62. The largest absolute Gasteiger partial charge is 0.324 e. The fourth-order valence-electron chi connectivity index (χ4n) is 3.61. The summed E-state index contributed by atoms with van der Waals surface area (Å²) in [6.07, 6.45) is 6.89. The number of nitrogens with one attached hydrogen (secondary N) is 2. The van der Waals surface area contributed by atoms with Gasteiger partial charge in [-0.1, -0.05) is 12.1 Å². The van der Waals surface area contributed by atoms with Crippen LogP contribution in [0.15, 0.2) is 42.7 Å². The number of anilines is 1. The van der Waals surface area contributed by atoms with Crippen molar-refractivity contribution in [2.75, 3.05) is 18.4 Å². The first-order valence-corrected chi connectivity index (χ1v) is 7.89. The Bertz CT molecular complexity index is 680. The lowest BCUT2D eigenvalue weighted by molar-refractivity contribution is -0.118. The van der Waals surface area contributed by atoms with Gasteiger partial charge in [0.05, 0.1) is 11.4 Å². The van der Waals surface area contributed by atoms with E-state index < -0.39 is 0 Å². The first-order chi connectivity index (χ1) is 10.8. The van der Waals surface area contributed by atoms with E-state index in [2.05, 4.69) is 15.7 Å². The third kappa shape index (κ3) is 2.99. The molecule has 2 aromatic rings. The minimum Gasteiger partial charge on any atom is -0.324 e. The zero-order chi connectivity index (χ0) is 15.0. The summed E-state index contributed by atoms with van der Waals surface area (Å²) in [7, 11) is 0. The highest BCUT2D eigenvalue weighted by Gasteiger charge is 2.57. The van der Waals surface area contributed by atoms with Crippen LogP contribution in [0.3, 0.4) is 0 Å². The first kappa shape index (κ1) is 16.0. The van der Waals surface area contributed by atoms with Gasteiger partial charge in [-0.05, 0) is 56.0 Å². The van der Waals surface area contributed by atoms with Gasteiger partial charge >= 0.3 is 0 Å². The molecule has 1 aliphatic carbocycles. The molecule has 1 spiro atoms. The number of carbonyl (C=O) groups is 1. The van der Waals surface area contributed by atoms with Gasteiger partial charge < -0.3 is 10.6 Å². The molecule has 1 amide bonds. The molecule has 1 atom stereocenters. The highest BCUT2D eigenvalue weighted by atomic mass is 35.5. The van der Waals surface area contributed by atoms with Crippen molar-refractivity contribution >= 4 is 24.0 Å². The molecule has 6 heteroatoms. The number of aromatic nitrogens is 2. The molecule has 2 heterocycles. The fraction of sp³-hybridized carbons (Fsp3) is 0.412. The second kappa shape index (κ2) is 6.34. The average molecular weight is 333 g/mol. The third-order valence-electron chi connectivity index (χ3n) is 5.02. The van der Waals surface area contributed by atoms with E-state index in [1.807, 2.05) is 36.5 Å². The maximum atomic E-state index is 12.6. The predicted molar refractivity (Wildman–Crippen MR) is 92.1 cm³/mol. The number of amides is 1. The van der Waals surface area contributed by atoms with Crippen molar-refractivity contribution in [1.29, 1.82) is 0 Å². The van der Waals surface area contributed by atoms with E-state index in [1.165, 1.54) is 0 Å². The number of halogens is 1. The molecular formula is C17H21ClN4O. The van der Waals surface area contributed by atoms with Crippen LogP contribution in [0.1, 0.15) is 19.3 Å². The molecule has 2 fully saturated rings. The number of para-hydroxylation sites is 2. The van der Waals surface area contributed by atoms with Crippen molar-refractivity contribution in [3.63, 3.8) is 0 Å². The maximum absolute atomic E-state index is 12.6. The van der Waals surface area contributed by atoms with Crippen molar-refractivity contribution in [2.45, 2.75) is 19.3 Å². The summed E-state index contributed by atoms with van der Waals surface area (Å²) < 4.78 is 1.78. The van der Waals surface area contributed by atoms with Gasteiger partial charge in [-0.3, -0.25) is 4.79 Å². The highest BCUT2D eigenvalue weighted by molar-refractivity contribution is 5.96. The van der Waals surface area contributed by atoms with Gasteiger partial charge in [0.1, 0.15) is 0 Å². The van der Waals surface area contributed by atoms with E-state index in [4.69, 9.17) is 0 Å². The normalized spacial score (nSPS) is 21.5. The number of rotatable bonds is 3. The molecule has 1 unspecified atom stereocenters. The molecule has 1 aromatic carbocycles. The Labute approximate surface area is 141 Å². The quantitative estimate of drug-likeness (QED) is 0.908. The molecule has 5 nitrogen and oxygen atoms in total. The van der Waals surface area contributed by atoms with E-state index in [0.29, 0.717) is 0 Å². The Morgan fingerprint density at radius 2 is 2.04 bits per heavy atom. The summed E-state index contributed by atoms with van der Waals surface area (Å²) in [6, 6.07) is 9.68. The Hall–Kier alpha value is -1.85. The molecule has 4 rings (SSSR count). The number of benzene rings is 1. The van der Waals surface area contributed by atoms with Crippen molar-refractivity contribution in [3.8, 4) is 5.69 Å². The SMILES string of the molecule is Cl.O=C(Nc1ccccc1-n1cccn1)C1CC12CCNCC2. The maximum Gasteiger partial charge on any atom is 0.228 e. The topological polar surface area (TPSA) is 59.0 Å². The Morgan fingerprint density at radius 3 is 2.78 bits per heavy atom. The zero-order valence-electron chi connectivity index (χ0n) is 12.9. The monoisotopic (exact) mass is 332 g/mol. The molecule has 2 aliphatic rings. The molecule has 1 saturated heterocycles. The third-order valence-corrected chi connectivity index (χ3v) is 5.02.